The molecule has 3 heterocycles. The first kappa shape index (κ1) is 17.9. The number of anilines is 1. The van der Waals surface area contributed by atoms with Crippen LogP contribution in [0.15, 0.2) is 16.9 Å². The number of aromatic nitrogens is 2. The molecule has 0 aromatic carbocycles. The summed E-state index contributed by atoms with van der Waals surface area (Å²) in [4.78, 5) is 39.0. The van der Waals surface area contributed by atoms with Crippen molar-refractivity contribution in [1.29, 1.82) is 0 Å². The second-order valence-electron chi connectivity index (χ2n) is 7.03. The first-order valence-corrected chi connectivity index (χ1v) is 8.97. The van der Waals surface area contributed by atoms with E-state index in [1.165, 1.54) is 7.11 Å². The average molecular weight is 412 g/mol. The Labute approximate surface area is 155 Å². The molecule has 0 spiro atoms. The van der Waals surface area contributed by atoms with Crippen molar-refractivity contribution in [3.63, 3.8) is 0 Å². The van der Waals surface area contributed by atoms with Gasteiger partial charge in [-0.1, -0.05) is 0 Å². The summed E-state index contributed by atoms with van der Waals surface area (Å²) >= 11 is 3.33. The van der Waals surface area contributed by atoms with Gasteiger partial charge in [-0.25, -0.2) is 14.8 Å². The third-order valence-electron chi connectivity index (χ3n) is 4.64. The topological polar surface area (TPSA) is 78.9 Å². The van der Waals surface area contributed by atoms with Crippen LogP contribution in [0, 0.1) is 5.41 Å². The summed E-state index contributed by atoms with van der Waals surface area (Å²) in [5, 5.41) is 0. The fourth-order valence-electron chi connectivity index (χ4n) is 3.38. The second-order valence-corrected chi connectivity index (χ2v) is 7.95. The van der Waals surface area contributed by atoms with Gasteiger partial charge in [0, 0.05) is 45.1 Å². The molecule has 3 rings (SSSR count). The second kappa shape index (κ2) is 6.78. The number of esters is 1. The van der Waals surface area contributed by atoms with E-state index >= 15 is 0 Å². The van der Waals surface area contributed by atoms with E-state index in [0.29, 0.717) is 38.7 Å². The number of nitrogens with zero attached hydrogens (tertiary/aromatic N) is 5. The number of urea groups is 1. The van der Waals surface area contributed by atoms with E-state index in [2.05, 4.69) is 30.8 Å². The lowest BCUT2D eigenvalue weighted by molar-refractivity contribution is -0.151. The molecule has 0 aliphatic carbocycles. The Kier molecular flexibility index (Phi) is 4.86. The molecule has 2 aliphatic rings. The van der Waals surface area contributed by atoms with Crippen molar-refractivity contribution in [1.82, 2.24) is 19.8 Å². The number of hydrogen-bond acceptors (Lipinski definition) is 6. The molecule has 0 bridgehead atoms. The van der Waals surface area contributed by atoms with E-state index in [1.807, 2.05) is 4.90 Å². The number of hydrogen-bond donors (Lipinski definition) is 0. The lowest BCUT2D eigenvalue weighted by Gasteiger charge is -2.36. The molecule has 8 nitrogen and oxygen atoms in total. The van der Waals surface area contributed by atoms with Crippen molar-refractivity contribution in [3.8, 4) is 0 Å². The van der Waals surface area contributed by atoms with Crippen molar-refractivity contribution in [3.05, 3.63) is 16.9 Å². The van der Waals surface area contributed by atoms with Crippen molar-refractivity contribution in [2.75, 3.05) is 44.7 Å². The molecule has 25 heavy (non-hydrogen) atoms. The summed E-state index contributed by atoms with van der Waals surface area (Å²) in [6.07, 6.45) is 3.44. The highest BCUT2D eigenvalue weighted by atomic mass is 79.9. The number of piperazine rings is 1. The van der Waals surface area contributed by atoms with Gasteiger partial charge in [-0.2, -0.15) is 0 Å². The van der Waals surface area contributed by atoms with Gasteiger partial charge in [0.1, 0.15) is 0 Å². The first-order valence-electron chi connectivity index (χ1n) is 8.18. The number of rotatable bonds is 4. The van der Waals surface area contributed by atoms with Crippen LogP contribution in [0.25, 0.3) is 0 Å². The summed E-state index contributed by atoms with van der Waals surface area (Å²) in [5.41, 5.74) is -0.729. The largest absolute Gasteiger partial charge is 0.469 e. The molecule has 0 saturated carbocycles. The number of amides is 2. The van der Waals surface area contributed by atoms with E-state index in [0.717, 1.165) is 4.47 Å². The van der Waals surface area contributed by atoms with Gasteiger partial charge in [-0.15, -0.1) is 0 Å². The van der Waals surface area contributed by atoms with E-state index in [4.69, 9.17) is 4.74 Å². The predicted octanol–water partition coefficient (Wildman–Crippen LogP) is 1.36. The van der Waals surface area contributed by atoms with Gasteiger partial charge in [0.05, 0.1) is 23.0 Å². The molecular formula is C16H22BrN5O3. The highest BCUT2D eigenvalue weighted by Gasteiger charge is 2.44. The SMILES string of the molecule is COC(=O)C(C)(C)CN1C[C@@H]2CN(c3ncc(Br)cn3)CCN2C1=O. The smallest absolute Gasteiger partial charge is 0.320 e. The molecule has 2 saturated heterocycles. The van der Waals surface area contributed by atoms with Gasteiger partial charge in [0.25, 0.3) is 0 Å². The van der Waals surface area contributed by atoms with Gasteiger partial charge in [-0.05, 0) is 29.8 Å². The number of fused-ring (bicyclic) bond motifs is 1. The minimum absolute atomic E-state index is 0.0154. The van der Waals surface area contributed by atoms with Crippen LogP contribution in [0.5, 0.6) is 0 Å². The minimum atomic E-state index is -0.729. The fraction of sp³-hybridized carbons (Fsp3) is 0.625. The van der Waals surface area contributed by atoms with Crippen LogP contribution in [-0.4, -0.2) is 77.6 Å². The summed E-state index contributed by atoms with van der Waals surface area (Å²) in [7, 11) is 1.37. The Morgan fingerprint density at radius 2 is 2.00 bits per heavy atom. The lowest BCUT2D eigenvalue weighted by Crippen LogP contribution is -2.52. The Morgan fingerprint density at radius 1 is 1.32 bits per heavy atom. The Balaban J connectivity index is 1.67. The maximum Gasteiger partial charge on any atom is 0.320 e. The summed E-state index contributed by atoms with van der Waals surface area (Å²) in [6, 6.07) is 0.0558. The zero-order valence-electron chi connectivity index (χ0n) is 14.6. The highest BCUT2D eigenvalue weighted by molar-refractivity contribution is 9.10. The van der Waals surface area contributed by atoms with Gasteiger partial charge in [-0.3, -0.25) is 4.79 Å². The minimum Gasteiger partial charge on any atom is -0.469 e. The monoisotopic (exact) mass is 411 g/mol. The Bertz CT molecular complexity index is 666. The molecule has 1 aromatic rings. The molecule has 1 atom stereocenters. The molecule has 2 amide bonds. The molecule has 0 N–H and O–H groups in total. The molecule has 2 aliphatic heterocycles. The van der Waals surface area contributed by atoms with Gasteiger partial charge >= 0.3 is 12.0 Å². The standard InChI is InChI=1S/C16H22BrN5O3/c1-16(2,13(23)25-3)10-21-9-12-8-20(4-5-22(12)15(21)24)14-18-6-11(17)7-19-14/h6-7,12H,4-5,8-10H2,1-3H3/t12-/m0/s1. The van der Waals surface area contributed by atoms with Gasteiger partial charge in [0.2, 0.25) is 5.95 Å². The number of halogens is 1. The third-order valence-corrected chi connectivity index (χ3v) is 5.05. The lowest BCUT2D eigenvalue weighted by atomic mass is 9.93. The van der Waals surface area contributed by atoms with Crippen LogP contribution in [0.4, 0.5) is 10.7 Å². The quantitative estimate of drug-likeness (QED) is 0.696. The van der Waals surface area contributed by atoms with E-state index < -0.39 is 5.41 Å². The first-order chi connectivity index (χ1) is 11.8. The summed E-state index contributed by atoms with van der Waals surface area (Å²) in [5.74, 6) is 0.360. The van der Waals surface area contributed by atoms with Crippen LogP contribution in [-0.2, 0) is 9.53 Å². The molecule has 2 fully saturated rings. The maximum atomic E-state index is 12.7. The zero-order valence-corrected chi connectivity index (χ0v) is 16.2. The molecule has 1 aromatic heterocycles. The van der Waals surface area contributed by atoms with Gasteiger partial charge in [0.15, 0.2) is 0 Å². The van der Waals surface area contributed by atoms with Crippen LogP contribution in [0.1, 0.15) is 13.8 Å². The Hall–Kier alpha value is -1.90. The summed E-state index contributed by atoms with van der Waals surface area (Å²) in [6.45, 7) is 6.53. The third kappa shape index (κ3) is 3.56. The van der Waals surface area contributed by atoms with Crippen molar-refractivity contribution >= 4 is 33.9 Å². The molecule has 136 valence electrons. The Morgan fingerprint density at radius 3 is 2.64 bits per heavy atom. The molecular weight excluding hydrogens is 390 g/mol. The maximum absolute atomic E-state index is 12.7. The number of methoxy groups -OCH3 is 1. The molecule has 0 unspecified atom stereocenters. The molecule has 9 heteroatoms. The van der Waals surface area contributed by atoms with Crippen LogP contribution in [0.3, 0.4) is 0 Å². The predicted molar refractivity (Wildman–Crippen MR) is 95.2 cm³/mol. The van der Waals surface area contributed by atoms with Crippen LogP contribution >= 0.6 is 15.9 Å². The van der Waals surface area contributed by atoms with Crippen molar-refractivity contribution in [2.24, 2.45) is 5.41 Å². The average Bonchev–Trinajstić information content (AvgIpc) is 2.89. The zero-order chi connectivity index (χ0) is 18.2. The van der Waals surface area contributed by atoms with E-state index in [1.54, 1.807) is 31.1 Å². The highest BCUT2D eigenvalue weighted by Crippen LogP contribution is 2.27. The van der Waals surface area contributed by atoms with Gasteiger partial charge < -0.3 is 19.4 Å². The molecule has 0 radical (unpaired) electrons. The normalized spacial score (nSPS) is 20.7. The number of carbonyl (C=O) groups is 2. The van der Waals surface area contributed by atoms with E-state index in [9.17, 15) is 9.59 Å². The fourth-order valence-corrected chi connectivity index (χ4v) is 3.58. The summed E-state index contributed by atoms with van der Waals surface area (Å²) < 4.78 is 5.68. The van der Waals surface area contributed by atoms with Crippen LogP contribution in [0.2, 0.25) is 0 Å². The number of ether oxygens (including phenoxy) is 1. The van der Waals surface area contributed by atoms with Crippen LogP contribution < -0.4 is 4.90 Å². The van der Waals surface area contributed by atoms with Crippen molar-refractivity contribution in [2.45, 2.75) is 19.9 Å². The van der Waals surface area contributed by atoms with E-state index in [-0.39, 0.29) is 18.0 Å². The number of carbonyl (C=O) groups excluding carboxylic acids is 2. The van der Waals surface area contributed by atoms with Crippen molar-refractivity contribution < 1.29 is 14.3 Å².